The van der Waals surface area contributed by atoms with Crippen LogP contribution in [0.15, 0.2) is 24.3 Å². The van der Waals surface area contributed by atoms with Gasteiger partial charge in [-0.25, -0.2) is 9.18 Å². The van der Waals surface area contributed by atoms with E-state index in [1.807, 2.05) is 13.8 Å². The molecular formula is C16H22FN3O3. The number of carbonyl (C=O) groups is 2. The highest BCUT2D eigenvalue weighted by molar-refractivity contribution is 5.84. The van der Waals surface area contributed by atoms with Gasteiger partial charge in [0.1, 0.15) is 5.82 Å². The fourth-order valence-corrected chi connectivity index (χ4v) is 2.34. The smallest absolute Gasteiger partial charge is 0.315 e. The average molecular weight is 323 g/mol. The number of urea groups is 1. The molecule has 7 heteroatoms. The zero-order chi connectivity index (χ0) is 16.9. The van der Waals surface area contributed by atoms with Crippen LogP contribution >= 0.6 is 0 Å². The van der Waals surface area contributed by atoms with Crippen LogP contribution in [0.5, 0.6) is 0 Å². The molecule has 1 saturated heterocycles. The van der Waals surface area contributed by atoms with Crippen molar-refractivity contribution < 1.29 is 18.7 Å². The monoisotopic (exact) mass is 323 g/mol. The highest BCUT2D eigenvalue weighted by Crippen LogP contribution is 2.16. The van der Waals surface area contributed by atoms with Crippen molar-refractivity contribution in [2.24, 2.45) is 0 Å². The minimum atomic E-state index is -0.435. The second kappa shape index (κ2) is 7.41. The van der Waals surface area contributed by atoms with E-state index < -0.39 is 6.03 Å². The van der Waals surface area contributed by atoms with E-state index in [1.165, 1.54) is 12.1 Å². The molecule has 0 spiro atoms. The molecule has 2 N–H and O–H groups in total. The third-order valence-corrected chi connectivity index (χ3v) is 3.54. The summed E-state index contributed by atoms with van der Waals surface area (Å²) < 4.78 is 18.3. The molecule has 1 fully saturated rings. The van der Waals surface area contributed by atoms with E-state index in [0.29, 0.717) is 19.7 Å². The van der Waals surface area contributed by atoms with Gasteiger partial charge in [-0.3, -0.25) is 4.79 Å². The van der Waals surface area contributed by atoms with Crippen molar-refractivity contribution in [3.63, 3.8) is 0 Å². The maximum absolute atomic E-state index is 12.8. The molecule has 0 atom stereocenters. The second-order valence-electron chi connectivity index (χ2n) is 6.09. The van der Waals surface area contributed by atoms with Gasteiger partial charge in [-0.15, -0.1) is 0 Å². The molecule has 3 amide bonds. The minimum absolute atomic E-state index is 0.0642. The van der Waals surface area contributed by atoms with Crippen LogP contribution in [0.25, 0.3) is 0 Å². The van der Waals surface area contributed by atoms with Crippen molar-refractivity contribution in [2.75, 3.05) is 26.2 Å². The van der Waals surface area contributed by atoms with Crippen molar-refractivity contribution in [1.29, 1.82) is 0 Å². The number of benzene rings is 1. The van der Waals surface area contributed by atoms with Crippen molar-refractivity contribution in [3.8, 4) is 0 Å². The molecule has 0 saturated carbocycles. The Hall–Kier alpha value is -2.15. The van der Waals surface area contributed by atoms with Crippen LogP contribution in [0.3, 0.4) is 0 Å². The predicted molar refractivity (Wildman–Crippen MR) is 83.2 cm³/mol. The van der Waals surface area contributed by atoms with E-state index in [1.54, 1.807) is 17.0 Å². The number of amides is 3. The maximum Gasteiger partial charge on any atom is 0.315 e. The molecule has 1 aromatic rings. The van der Waals surface area contributed by atoms with E-state index in [2.05, 4.69) is 10.6 Å². The molecule has 1 aliphatic rings. The van der Waals surface area contributed by atoms with Gasteiger partial charge in [-0.05, 0) is 31.5 Å². The van der Waals surface area contributed by atoms with Crippen LogP contribution in [0.4, 0.5) is 9.18 Å². The fourth-order valence-electron chi connectivity index (χ4n) is 2.34. The molecule has 1 aliphatic heterocycles. The Balaban J connectivity index is 1.71. The molecule has 0 radical (unpaired) electrons. The summed E-state index contributed by atoms with van der Waals surface area (Å²) >= 11 is 0. The Morgan fingerprint density at radius 3 is 2.61 bits per heavy atom. The number of hydrogen-bond acceptors (Lipinski definition) is 3. The Kier molecular flexibility index (Phi) is 5.54. The first-order valence-corrected chi connectivity index (χ1v) is 7.54. The molecule has 0 aliphatic carbocycles. The van der Waals surface area contributed by atoms with Gasteiger partial charge >= 0.3 is 6.03 Å². The molecule has 126 valence electrons. The number of rotatable bonds is 4. The van der Waals surface area contributed by atoms with E-state index in [0.717, 1.165) is 5.56 Å². The first-order valence-electron chi connectivity index (χ1n) is 7.54. The Morgan fingerprint density at radius 1 is 1.26 bits per heavy atom. The summed E-state index contributed by atoms with van der Waals surface area (Å²) in [6.45, 7) is 5.59. The van der Waals surface area contributed by atoms with Crippen molar-refractivity contribution in [1.82, 2.24) is 15.5 Å². The van der Waals surface area contributed by atoms with Gasteiger partial charge in [0, 0.05) is 19.6 Å². The van der Waals surface area contributed by atoms with Crippen LogP contribution in [0.1, 0.15) is 19.4 Å². The summed E-state index contributed by atoms with van der Waals surface area (Å²) in [5.74, 6) is -0.462. The van der Waals surface area contributed by atoms with Gasteiger partial charge in [0.05, 0.1) is 18.8 Å². The van der Waals surface area contributed by atoms with Crippen LogP contribution in [0.2, 0.25) is 0 Å². The topological polar surface area (TPSA) is 70.7 Å². The van der Waals surface area contributed by atoms with Crippen LogP contribution in [0, 0.1) is 5.82 Å². The predicted octanol–water partition coefficient (Wildman–Crippen LogP) is 1.26. The number of halogens is 1. The van der Waals surface area contributed by atoms with E-state index in [4.69, 9.17) is 4.74 Å². The second-order valence-corrected chi connectivity index (χ2v) is 6.09. The summed E-state index contributed by atoms with van der Waals surface area (Å²) in [7, 11) is 0. The Labute approximate surface area is 135 Å². The van der Waals surface area contributed by atoms with Gasteiger partial charge < -0.3 is 20.3 Å². The molecule has 1 heterocycles. The first kappa shape index (κ1) is 17.2. The van der Waals surface area contributed by atoms with Crippen molar-refractivity contribution in [3.05, 3.63) is 35.6 Å². The highest BCUT2D eigenvalue weighted by atomic mass is 19.1. The van der Waals surface area contributed by atoms with Crippen LogP contribution in [-0.2, 0) is 16.1 Å². The van der Waals surface area contributed by atoms with Gasteiger partial charge in [0.25, 0.3) is 0 Å². The summed E-state index contributed by atoms with van der Waals surface area (Å²) in [6, 6.07) is 5.42. The standard InChI is InChI=1S/C16H22FN3O3/c1-16(2)11-20(7-8-23-16)14(21)10-19-15(22)18-9-12-3-5-13(17)6-4-12/h3-6H,7-11H2,1-2H3,(H2,18,19,22). The molecule has 0 aromatic heterocycles. The number of carbonyl (C=O) groups excluding carboxylic acids is 2. The van der Waals surface area contributed by atoms with E-state index in [9.17, 15) is 14.0 Å². The van der Waals surface area contributed by atoms with E-state index >= 15 is 0 Å². The maximum atomic E-state index is 12.8. The molecule has 0 bridgehead atoms. The van der Waals surface area contributed by atoms with Gasteiger partial charge in [0.15, 0.2) is 0 Å². The SMILES string of the molecule is CC1(C)CN(C(=O)CNC(=O)NCc2ccc(F)cc2)CCO1. The lowest BCUT2D eigenvalue weighted by atomic mass is 10.1. The van der Waals surface area contributed by atoms with Crippen molar-refractivity contribution >= 4 is 11.9 Å². The summed E-state index contributed by atoms with van der Waals surface area (Å²) in [4.78, 5) is 25.5. The average Bonchev–Trinajstić information content (AvgIpc) is 2.51. The Morgan fingerprint density at radius 2 is 1.96 bits per heavy atom. The largest absolute Gasteiger partial charge is 0.372 e. The summed E-state index contributed by atoms with van der Waals surface area (Å²) in [5, 5.41) is 5.16. The molecule has 23 heavy (non-hydrogen) atoms. The number of morpholine rings is 1. The lowest BCUT2D eigenvalue weighted by molar-refractivity contribution is -0.144. The highest BCUT2D eigenvalue weighted by Gasteiger charge is 2.29. The Bertz CT molecular complexity index is 560. The normalized spacial score (nSPS) is 16.7. The van der Waals surface area contributed by atoms with Gasteiger partial charge in [0.2, 0.25) is 5.91 Å². The van der Waals surface area contributed by atoms with Gasteiger partial charge in [-0.2, -0.15) is 0 Å². The molecular weight excluding hydrogens is 301 g/mol. The third kappa shape index (κ3) is 5.52. The minimum Gasteiger partial charge on any atom is -0.372 e. The fraction of sp³-hybridized carbons (Fsp3) is 0.500. The molecule has 6 nitrogen and oxygen atoms in total. The summed E-state index contributed by atoms with van der Waals surface area (Å²) in [6.07, 6.45) is 0. The number of ether oxygens (including phenoxy) is 1. The van der Waals surface area contributed by atoms with Crippen molar-refractivity contribution in [2.45, 2.75) is 26.0 Å². The van der Waals surface area contributed by atoms with Crippen LogP contribution < -0.4 is 10.6 Å². The number of nitrogens with zero attached hydrogens (tertiary/aromatic N) is 1. The lowest BCUT2D eigenvalue weighted by Crippen LogP contribution is -2.53. The van der Waals surface area contributed by atoms with E-state index in [-0.39, 0.29) is 30.4 Å². The zero-order valence-electron chi connectivity index (χ0n) is 13.4. The lowest BCUT2D eigenvalue weighted by Gasteiger charge is -2.38. The molecule has 1 aromatic carbocycles. The summed E-state index contributed by atoms with van der Waals surface area (Å²) in [5.41, 5.74) is 0.418. The quantitative estimate of drug-likeness (QED) is 0.876. The van der Waals surface area contributed by atoms with Crippen LogP contribution in [-0.4, -0.2) is 48.7 Å². The zero-order valence-corrected chi connectivity index (χ0v) is 13.4. The third-order valence-electron chi connectivity index (χ3n) is 3.54. The number of nitrogens with one attached hydrogen (secondary N) is 2. The van der Waals surface area contributed by atoms with Gasteiger partial charge in [-0.1, -0.05) is 12.1 Å². The molecule has 0 unspecified atom stereocenters. The first-order chi connectivity index (χ1) is 10.9. The molecule has 2 rings (SSSR count). The number of hydrogen-bond donors (Lipinski definition) is 2.